The summed E-state index contributed by atoms with van der Waals surface area (Å²) in [5.74, 6) is 0.443. The minimum absolute atomic E-state index is 0.443. The number of fused-ring (bicyclic) bond motifs is 1. The van der Waals surface area contributed by atoms with Crippen molar-refractivity contribution in [2.24, 2.45) is 5.73 Å². The minimum atomic E-state index is 0.443. The lowest BCUT2D eigenvalue weighted by Crippen LogP contribution is -2.01. The van der Waals surface area contributed by atoms with Gasteiger partial charge in [0, 0.05) is 16.8 Å². The van der Waals surface area contributed by atoms with Gasteiger partial charge in [0.05, 0.1) is 10.0 Å². The maximum Gasteiger partial charge on any atom is 0.247 e. The van der Waals surface area contributed by atoms with Crippen LogP contribution in [0.4, 0.5) is 0 Å². The molecule has 3 rings (SSSR count). The van der Waals surface area contributed by atoms with Crippen molar-refractivity contribution < 1.29 is 4.42 Å². The van der Waals surface area contributed by atoms with Crippen molar-refractivity contribution in [1.82, 2.24) is 9.97 Å². The van der Waals surface area contributed by atoms with E-state index in [0.29, 0.717) is 39.3 Å². The van der Waals surface area contributed by atoms with E-state index in [4.69, 9.17) is 33.4 Å². The van der Waals surface area contributed by atoms with E-state index in [1.807, 2.05) is 5.38 Å². The molecule has 0 spiro atoms. The van der Waals surface area contributed by atoms with Crippen LogP contribution in [0.5, 0.6) is 0 Å². The monoisotopic (exact) mass is 313 g/mol. The maximum absolute atomic E-state index is 6.07. The normalized spacial score (nSPS) is 11.3. The summed E-state index contributed by atoms with van der Waals surface area (Å²) in [4.78, 5) is 8.78. The zero-order chi connectivity index (χ0) is 13.4. The Morgan fingerprint density at radius 1 is 1.26 bits per heavy atom. The van der Waals surface area contributed by atoms with Crippen LogP contribution in [0.2, 0.25) is 10.0 Å². The fourth-order valence-corrected chi connectivity index (χ4v) is 3.03. The Balaban J connectivity index is 2.07. The highest BCUT2D eigenvalue weighted by Gasteiger charge is 2.14. The molecule has 0 radical (unpaired) electrons. The second-order valence-corrected chi connectivity index (χ2v) is 5.71. The summed E-state index contributed by atoms with van der Waals surface area (Å²) in [6.07, 6.45) is 0.747. The third-order valence-corrected chi connectivity index (χ3v) is 3.95. The van der Waals surface area contributed by atoms with E-state index >= 15 is 0 Å². The topological polar surface area (TPSA) is 64.9 Å². The molecule has 19 heavy (non-hydrogen) atoms. The van der Waals surface area contributed by atoms with Gasteiger partial charge in [0.15, 0.2) is 5.58 Å². The molecule has 2 N–H and O–H groups in total. The second-order valence-electron chi connectivity index (χ2n) is 3.92. The summed E-state index contributed by atoms with van der Waals surface area (Å²) in [6.45, 7) is 0.571. The van der Waals surface area contributed by atoms with E-state index in [-0.39, 0.29) is 0 Å². The molecule has 4 nitrogen and oxygen atoms in total. The predicted octanol–water partition coefficient (Wildman–Crippen LogP) is 3.76. The van der Waals surface area contributed by atoms with Gasteiger partial charge in [-0.2, -0.15) is 0 Å². The number of halogens is 2. The van der Waals surface area contributed by atoms with Crippen LogP contribution in [-0.2, 0) is 6.42 Å². The van der Waals surface area contributed by atoms with Crippen LogP contribution in [0.25, 0.3) is 22.7 Å². The van der Waals surface area contributed by atoms with Crippen LogP contribution < -0.4 is 5.73 Å². The van der Waals surface area contributed by atoms with E-state index in [0.717, 1.165) is 11.4 Å². The fourth-order valence-electron chi connectivity index (χ4n) is 1.72. The molecule has 2 heterocycles. The van der Waals surface area contributed by atoms with Crippen molar-refractivity contribution in [2.45, 2.75) is 6.42 Å². The molecule has 0 unspecified atom stereocenters. The Labute approximate surface area is 123 Å². The molecule has 0 aliphatic rings. The summed E-state index contributed by atoms with van der Waals surface area (Å²) in [7, 11) is 0. The first kappa shape index (κ1) is 12.9. The van der Waals surface area contributed by atoms with E-state index < -0.39 is 0 Å². The smallest absolute Gasteiger partial charge is 0.247 e. The number of oxazole rings is 1. The van der Waals surface area contributed by atoms with Crippen molar-refractivity contribution in [1.29, 1.82) is 0 Å². The zero-order valence-electron chi connectivity index (χ0n) is 9.69. The molecule has 0 bridgehead atoms. The predicted molar refractivity (Wildman–Crippen MR) is 77.9 cm³/mol. The van der Waals surface area contributed by atoms with Gasteiger partial charge < -0.3 is 10.2 Å². The van der Waals surface area contributed by atoms with Crippen molar-refractivity contribution in [2.75, 3.05) is 6.54 Å². The molecule has 0 saturated carbocycles. The summed E-state index contributed by atoms with van der Waals surface area (Å²) in [5.41, 5.74) is 7.34. The summed E-state index contributed by atoms with van der Waals surface area (Å²) < 4.78 is 5.64. The number of thiazole rings is 1. The number of benzene rings is 1. The standard InChI is InChI=1S/C12H9Cl2N3OS/c13-6-3-7(14)11-8(4-6)17-12(18-11)9-5-19-10(16-9)1-2-15/h3-5H,1-2,15H2. The SMILES string of the molecule is NCCc1nc(-c2nc3cc(Cl)cc(Cl)c3o2)cs1. The van der Waals surface area contributed by atoms with Crippen molar-refractivity contribution in [3.63, 3.8) is 0 Å². The van der Waals surface area contributed by atoms with Gasteiger partial charge in [0.25, 0.3) is 0 Å². The van der Waals surface area contributed by atoms with Gasteiger partial charge in [-0.25, -0.2) is 9.97 Å². The van der Waals surface area contributed by atoms with Gasteiger partial charge in [0.2, 0.25) is 5.89 Å². The Kier molecular flexibility index (Phi) is 3.45. The summed E-state index contributed by atoms with van der Waals surface area (Å²) in [5, 5.41) is 3.83. The number of hydrogen-bond donors (Lipinski definition) is 1. The van der Waals surface area contributed by atoms with Crippen LogP contribution in [0.15, 0.2) is 21.9 Å². The van der Waals surface area contributed by atoms with E-state index in [9.17, 15) is 0 Å². The average molecular weight is 314 g/mol. The van der Waals surface area contributed by atoms with E-state index in [2.05, 4.69) is 9.97 Å². The van der Waals surface area contributed by atoms with Crippen molar-refractivity contribution in [3.05, 3.63) is 32.6 Å². The Morgan fingerprint density at radius 2 is 2.11 bits per heavy atom. The number of rotatable bonds is 3. The second kappa shape index (κ2) is 5.09. The van der Waals surface area contributed by atoms with Gasteiger partial charge in [-0.15, -0.1) is 11.3 Å². The number of hydrogen-bond acceptors (Lipinski definition) is 5. The quantitative estimate of drug-likeness (QED) is 0.799. The first-order chi connectivity index (χ1) is 9.17. The number of nitrogens with two attached hydrogens (primary N) is 1. The highest BCUT2D eigenvalue weighted by Crippen LogP contribution is 2.32. The van der Waals surface area contributed by atoms with Gasteiger partial charge in [-0.3, -0.25) is 0 Å². The molecule has 0 saturated heterocycles. The summed E-state index contributed by atoms with van der Waals surface area (Å²) in [6, 6.07) is 3.34. The van der Waals surface area contributed by atoms with Crippen LogP contribution >= 0.6 is 34.5 Å². The lowest BCUT2D eigenvalue weighted by atomic mass is 10.3. The van der Waals surface area contributed by atoms with Crippen LogP contribution in [0.1, 0.15) is 5.01 Å². The highest BCUT2D eigenvalue weighted by atomic mass is 35.5. The van der Waals surface area contributed by atoms with Gasteiger partial charge in [0.1, 0.15) is 11.2 Å². The lowest BCUT2D eigenvalue weighted by molar-refractivity contribution is 0.617. The lowest BCUT2D eigenvalue weighted by Gasteiger charge is -1.91. The Morgan fingerprint density at radius 3 is 2.89 bits per heavy atom. The molecule has 0 aliphatic heterocycles. The van der Waals surface area contributed by atoms with Crippen LogP contribution in [-0.4, -0.2) is 16.5 Å². The van der Waals surface area contributed by atoms with Crippen LogP contribution in [0, 0.1) is 0 Å². The molecule has 0 amide bonds. The molecular formula is C12H9Cl2N3OS. The fraction of sp³-hybridized carbons (Fsp3) is 0.167. The highest BCUT2D eigenvalue weighted by molar-refractivity contribution is 7.09. The van der Waals surface area contributed by atoms with Crippen LogP contribution in [0.3, 0.4) is 0 Å². The van der Waals surface area contributed by atoms with Crippen molar-refractivity contribution >= 4 is 45.6 Å². The molecular weight excluding hydrogens is 305 g/mol. The molecule has 0 fully saturated rings. The summed E-state index contributed by atoms with van der Waals surface area (Å²) >= 11 is 13.5. The Hall–Kier alpha value is -1.14. The van der Waals surface area contributed by atoms with E-state index in [1.54, 1.807) is 12.1 Å². The van der Waals surface area contributed by atoms with E-state index in [1.165, 1.54) is 11.3 Å². The van der Waals surface area contributed by atoms with Gasteiger partial charge in [-0.05, 0) is 18.7 Å². The van der Waals surface area contributed by atoms with Gasteiger partial charge >= 0.3 is 0 Å². The third-order valence-electron chi connectivity index (χ3n) is 2.54. The zero-order valence-corrected chi connectivity index (χ0v) is 12.0. The molecule has 3 aromatic rings. The molecule has 0 aliphatic carbocycles. The molecule has 98 valence electrons. The number of aromatic nitrogens is 2. The average Bonchev–Trinajstić information content (AvgIpc) is 2.95. The first-order valence-electron chi connectivity index (χ1n) is 5.58. The third kappa shape index (κ3) is 2.47. The maximum atomic E-state index is 6.07. The first-order valence-corrected chi connectivity index (χ1v) is 7.21. The molecule has 1 aromatic carbocycles. The Bertz CT molecular complexity index is 738. The minimum Gasteiger partial charge on any atom is -0.433 e. The molecule has 0 atom stereocenters. The van der Waals surface area contributed by atoms with Crippen molar-refractivity contribution in [3.8, 4) is 11.6 Å². The molecule has 7 heteroatoms. The molecule has 2 aromatic heterocycles. The van der Waals surface area contributed by atoms with Gasteiger partial charge in [-0.1, -0.05) is 23.2 Å². The number of nitrogens with zero attached hydrogens (tertiary/aromatic N) is 2. The largest absolute Gasteiger partial charge is 0.433 e.